The smallest absolute Gasteiger partial charge is 0.225 e. The Morgan fingerprint density at radius 2 is 1.81 bits per heavy atom. The van der Waals surface area contributed by atoms with Crippen LogP contribution in [0.25, 0.3) is 0 Å². The zero-order chi connectivity index (χ0) is 19.2. The number of hydrogen-bond donors (Lipinski definition) is 2. The van der Waals surface area contributed by atoms with Gasteiger partial charge in [-0.1, -0.05) is 45.0 Å². The molecule has 2 heterocycles. The van der Waals surface area contributed by atoms with E-state index in [4.69, 9.17) is 4.74 Å². The van der Waals surface area contributed by atoms with Crippen molar-refractivity contribution < 1.29 is 14.6 Å². The Morgan fingerprint density at radius 3 is 2.33 bits per heavy atom. The van der Waals surface area contributed by atoms with Gasteiger partial charge in [0.1, 0.15) is 0 Å². The Bertz CT molecular complexity index is 681. The number of rotatable bonds is 2. The first-order valence-corrected chi connectivity index (χ1v) is 10.2. The maximum atomic E-state index is 12.8. The van der Waals surface area contributed by atoms with Crippen LogP contribution in [0.5, 0.6) is 0 Å². The molecule has 3 aliphatic rings. The molecule has 5 heteroatoms. The number of nitrogens with zero attached hydrogens (tertiary/aromatic N) is 1. The number of aliphatic hydroxyl groups is 1. The zero-order valence-electron chi connectivity index (χ0n) is 16.7. The molecular weight excluding hydrogens is 340 g/mol. The predicted octanol–water partition coefficient (Wildman–Crippen LogP) is 2.73. The zero-order valence-corrected chi connectivity index (χ0v) is 16.7. The third-order valence-corrected chi connectivity index (χ3v) is 6.63. The highest BCUT2D eigenvalue weighted by molar-refractivity contribution is 5.80. The molecule has 1 saturated carbocycles. The number of amides is 1. The molecule has 0 aromatic heterocycles. The average molecular weight is 373 g/mol. The second-order valence-corrected chi connectivity index (χ2v) is 9.66. The van der Waals surface area contributed by atoms with Gasteiger partial charge in [-0.05, 0) is 48.1 Å². The highest BCUT2D eigenvalue weighted by Gasteiger charge is 2.52. The number of benzene rings is 1. The number of piperidine rings is 1. The number of aliphatic hydroxyl groups excluding tert-OH is 1. The maximum Gasteiger partial charge on any atom is 0.225 e. The Kier molecular flexibility index (Phi) is 4.81. The fraction of sp³-hybridized carbons (Fsp3) is 0.682. The van der Waals surface area contributed by atoms with Crippen molar-refractivity contribution in [2.75, 3.05) is 19.7 Å². The number of ether oxygens (including phenoxy) is 1. The summed E-state index contributed by atoms with van der Waals surface area (Å²) in [5.74, 6) is 0.912. The minimum atomic E-state index is -0.874. The number of likely N-dealkylation sites (tertiary alicyclic amines) is 1. The van der Waals surface area contributed by atoms with Crippen molar-refractivity contribution in [3.8, 4) is 0 Å². The Hall–Kier alpha value is -1.43. The highest BCUT2D eigenvalue weighted by Crippen LogP contribution is 2.42. The van der Waals surface area contributed by atoms with Crippen LogP contribution in [0.1, 0.15) is 63.5 Å². The first kappa shape index (κ1) is 18.9. The molecule has 1 aromatic rings. The van der Waals surface area contributed by atoms with Crippen LogP contribution >= 0.6 is 0 Å². The lowest BCUT2D eigenvalue weighted by Crippen LogP contribution is -2.59. The number of carbonyl (C=O) groups is 1. The van der Waals surface area contributed by atoms with Crippen LogP contribution in [0.2, 0.25) is 0 Å². The molecule has 27 heavy (non-hydrogen) atoms. The monoisotopic (exact) mass is 372 g/mol. The van der Waals surface area contributed by atoms with Gasteiger partial charge in [0.2, 0.25) is 12.3 Å². The summed E-state index contributed by atoms with van der Waals surface area (Å²) in [6.45, 7) is 8.92. The topological polar surface area (TPSA) is 61.8 Å². The molecule has 1 amide bonds. The van der Waals surface area contributed by atoms with Gasteiger partial charge in [0.25, 0.3) is 0 Å². The fourth-order valence-corrected chi connectivity index (χ4v) is 4.82. The van der Waals surface area contributed by atoms with Gasteiger partial charge in [0.15, 0.2) is 0 Å². The van der Waals surface area contributed by atoms with Gasteiger partial charge in [-0.3, -0.25) is 10.1 Å². The molecule has 4 rings (SSSR count). The van der Waals surface area contributed by atoms with Crippen LogP contribution in [-0.4, -0.2) is 47.6 Å². The first-order chi connectivity index (χ1) is 12.8. The summed E-state index contributed by atoms with van der Waals surface area (Å²) in [5.41, 5.74) is 2.78. The SMILES string of the molecule is CC(C)(C)c1ccc(C2CCN(C(=O)[C@H]3C[C@]4(COC(O)N4)C3)CC2)cc1. The summed E-state index contributed by atoms with van der Waals surface area (Å²) in [5, 5.41) is 12.5. The van der Waals surface area contributed by atoms with E-state index in [1.165, 1.54) is 11.1 Å². The Morgan fingerprint density at radius 1 is 1.19 bits per heavy atom. The van der Waals surface area contributed by atoms with E-state index >= 15 is 0 Å². The molecule has 1 atom stereocenters. The normalized spacial score (nSPS) is 31.9. The van der Waals surface area contributed by atoms with E-state index in [1.54, 1.807) is 0 Å². The summed E-state index contributed by atoms with van der Waals surface area (Å²) in [4.78, 5) is 14.8. The third kappa shape index (κ3) is 3.78. The van der Waals surface area contributed by atoms with Crippen LogP contribution in [-0.2, 0) is 14.9 Å². The molecule has 0 bridgehead atoms. The summed E-state index contributed by atoms with van der Waals surface area (Å²) in [6, 6.07) is 9.06. The van der Waals surface area contributed by atoms with Crippen molar-refractivity contribution in [3.05, 3.63) is 35.4 Å². The summed E-state index contributed by atoms with van der Waals surface area (Å²) < 4.78 is 5.20. The van der Waals surface area contributed by atoms with Crippen LogP contribution in [0.3, 0.4) is 0 Å². The van der Waals surface area contributed by atoms with Crippen LogP contribution in [0.15, 0.2) is 24.3 Å². The molecule has 1 aromatic carbocycles. The van der Waals surface area contributed by atoms with Gasteiger partial charge in [-0.2, -0.15) is 0 Å². The van der Waals surface area contributed by atoms with E-state index in [-0.39, 0.29) is 22.8 Å². The molecule has 1 unspecified atom stereocenters. The lowest BCUT2D eigenvalue weighted by molar-refractivity contribution is -0.142. The lowest BCUT2D eigenvalue weighted by Gasteiger charge is -2.45. The van der Waals surface area contributed by atoms with E-state index in [9.17, 15) is 9.90 Å². The standard InChI is InChI=1S/C22H32N2O3/c1-21(2,3)18-6-4-15(5-7-18)16-8-10-24(11-9-16)19(25)17-12-22(13-17)14-27-20(26)23-22/h4-7,16-17,20,23,26H,8-14H2,1-3H3/t17-,20?,22+. The van der Waals surface area contributed by atoms with E-state index in [0.29, 0.717) is 12.5 Å². The van der Waals surface area contributed by atoms with Gasteiger partial charge in [-0.25, -0.2) is 0 Å². The van der Waals surface area contributed by atoms with Crippen molar-refractivity contribution in [2.45, 2.75) is 69.7 Å². The molecule has 2 N–H and O–H groups in total. The van der Waals surface area contributed by atoms with Crippen molar-refractivity contribution in [3.63, 3.8) is 0 Å². The molecule has 0 radical (unpaired) electrons. The van der Waals surface area contributed by atoms with E-state index < -0.39 is 6.41 Å². The predicted molar refractivity (Wildman–Crippen MR) is 104 cm³/mol. The van der Waals surface area contributed by atoms with Gasteiger partial charge < -0.3 is 14.7 Å². The number of nitrogens with one attached hydrogen (secondary N) is 1. The highest BCUT2D eigenvalue weighted by atomic mass is 16.6. The molecule has 5 nitrogen and oxygen atoms in total. The minimum Gasteiger partial charge on any atom is -0.356 e. The Labute approximate surface area is 162 Å². The van der Waals surface area contributed by atoms with Crippen molar-refractivity contribution in [1.82, 2.24) is 10.2 Å². The van der Waals surface area contributed by atoms with E-state index in [1.807, 2.05) is 4.90 Å². The average Bonchev–Trinajstić information content (AvgIpc) is 3.02. The summed E-state index contributed by atoms with van der Waals surface area (Å²) >= 11 is 0. The minimum absolute atomic E-state index is 0.0778. The van der Waals surface area contributed by atoms with Crippen LogP contribution in [0.4, 0.5) is 0 Å². The molecular formula is C22H32N2O3. The second kappa shape index (κ2) is 6.87. The number of hydrogen-bond acceptors (Lipinski definition) is 4. The molecule has 2 saturated heterocycles. The first-order valence-electron chi connectivity index (χ1n) is 10.2. The van der Waals surface area contributed by atoms with Crippen molar-refractivity contribution in [2.24, 2.45) is 5.92 Å². The van der Waals surface area contributed by atoms with Gasteiger partial charge in [0.05, 0.1) is 6.61 Å². The van der Waals surface area contributed by atoms with Crippen LogP contribution < -0.4 is 5.32 Å². The van der Waals surface area contributed by atoms with Crippen molar-refractivity contribution >= 4 is 5.91 Å². The van der Waals surface area contributed by atoms with E-state index in [2.05, 4.69) is 50.4 Å². The van der Waals surface area contributed by atoms with Gasteiger partial charge >= 0.3 is 0 Å². The largest absolute Gasteiger partial charge is 0.356 e. The maximum absolute atomic E-state index is 12.8. The van der Waals surface area contributed by atoms with Gasteiger partial charge in [-0.15, -0.1) is 0 Å². The molecule has 3 fully saturated rings. The summed E-state index contributed by atoms with van der Waals surface area (Å²) in [7, 11) is 0. The summed E-state index contributed by atoms with van der Waals surface area (Å²) in [6.07, 6.45) is 2.76. The number of carbonyl (C=O) groups excluding carboxylic acids is 1. The third-order valence-electron chi connectivity index (χ3n) is 6.63. The van der Waals surface area contributed by atoms with Crippen LogP contribution in [0, 0.1) is 5.92 Å². The molecule has 1 aliphatic carbocycles. The quantitative estimate of drug-likeness (QED) is 0.838. The lowest BCUT2D eigenvalue weighted by atomic mass is 9.68. The molecule has 148 valence electrons. The Balaban J connectivity index is 1.28. The van der Waals surface area contributed by atoms with E-state index in [0.717, 1.165) is 38.8 Å². The van der Waals surface area contributed by atoms with Crippen molar-refractivity contribution in [1.29, 1.82) is 0 Å². The van der Waals surface area contributed by atoms with Gasteiger partial charge in [0, 0.05) is 24.5 Å². The second-order valence-electron chi connectivity index (χ2n) is 9.66. The molecule has 2 aliphatic heterocycles. The fourth-order valence-electron chi connectivity index (χ4n) is 4.82. The molecule has 1 spiro atoms.